The quantitative estimate of drug-likeness (QED) is 0.846. The van der Waals surface area contributed by atoms with Crippen LogP contribution in [0.5, 0.6) is 0 Å². The highest BCUT2D eigenvalue weighted by Gasteiger charge is 2.18. The topological polar surface area (TPSA) is 21.3 Å². The molecule has 0 fully saturated rings. The summed E-state index contributed by atoms with van der Waals surface area (Å²) in [5.74, 6) is 0. The van der Waals surface area contributed by atoms with Crippen molar-refractivity contribution in [3.05, 3.63) is 34.2 Å². The first-order chi connectivity index (χ1) is 7.92. The molecule has 0 amide bonds. The minimum atomic E-state index is 0.361. The Bertz CT molecular complexity index is 332. The third-order valence-electron chi connectivity index (χ3n) is 2.76. The van der Waals surface area contributed by atoms with Crippen molar-refractivity contribution in [1.29, 1.82) is 0 Å². The van der Waals surface area contributed by atoms with Crippen LogP contribution in [0.1, 0.15) is 37.1 Å². The van der Waals surface area contributed by atoms with Gasteiger partial charge < -0.3 is 10.1 Å². The molecule has 1 aliphatic rings. The van der Waals surface area contributed by atoms with Gasteiger partial charge in [-0.3, -0.25) is 0 Å². The van der Waals surface area contributed by atoms with Crippen molar-refractivity contribution in [2.45, 2.75) is 32.2 Å². The van der Waals surface area contributed by atoms with Crippen molar-refractivity contribution >= 4 is 11.3 Å². The zero-order chi connectivity index (χ0) is 11.2. The van der Waals surface area contributed by atoms with Crippen LogP contribution in [0.4, 0.5) is 0 Å². The summed E-state index contributed by atoms with van der Waals surface area (Å²) in [6.07, 6.45) is 5.41. The molecule has 1 atom stereocenters. The first-order valence-electron chi connectivity index (χ1n) is 5.99. The van der Waals surface area contributed by atoms with E-state index >= 15 is 0 Å². The van der Waals surface area contributed by atoms with Crippen molar-refractivity contribution in [1.82, 2.24) is 5.32 Å². The van der Waals surface area contributed by atoms with Gasteiger partial charge in [-0.1, -0.05) is 13.0 Å². The maximum Gasteiger partial charge on any atom is 0.0876 e. The van der Waals surface area contributed by atoms with Gasteiger partial charge in [0.05, 0.1) is 18.9 Å². The molecule has 0 saturated heterocycles. The fourth-order valence-electron chi connectivity index (χ4n) is 1.96. The summed E-state index contributed by atoms with van der Waals surface area (Å²) in [7, 11) is 0. The van der Waals surface area contributed by atoms with Crippen molar-refractivity contribution in [2.24, 2.45) is 0 Å². The van der Waals surface area contributed by atoms with Crippen LogP contribution in [0.25, 0.3) is 0 Å². The van der Waals surface area contributed by atoms with Crippen LogP contribution in [0.2, 0.25) is 0 Å². The second-order valence-corrected chi connectivity index (χ2v) is 5.05. The molecule has 0 radical (unpaired) electrons. The number of hydrogen-bond donors (Lipinski definition) is 1. The van der Waals surface area contributed by atoms with Gasteiger partial charge in [0.1, 0.15) is 0 Å². The zero-order valence-electron chi connectivity index (χ0n) is 9.74. The first-order valence-corrected chi connectivity index (χ1v) is 6.87. The van der Waals surface area contributed by atoms with Crippen molar-refractivity contribution < 1.29 is 4.74 Å². The van der Waals surface area contributed by atoms with Gasteiger partial charge in [0.25, 0.3) is 0 Å². The van der Waals surface area contributed by atoms with Crippen molar-refractivity contribution in [3.8, 4) is 0 Å². The molecule has 1 aliphatic heterocycles. The first kappa shape index (κ1) is 11.7. The number of ether oxygens (including phenoxy) is 1. The fourth-order valence-corrected chi connectivity index (χ4v) is 2.80. The molecule has 1 N–H and O–H groups in total. The van der Waals surface area contributed by atoms with Crippen molar-refractivity contribution in [3.63, 3.8) is 0 Å². The molecule has 1 aromatic rings. The summed E-state index contributed by atoms with van der Waals surface area (Å²) < 4.78 is 5.44. The molecule has 0 spiro atoms. The molecule has 0 aliphatic carbocycles. The Kier molecular flexibility index (Phi) is 4.43. The average Bonchev–Trinajstić information content (AvgIpc) is 2.85. The van der Waals surface area contributed by atoms with Gasteiger partial charge >= 0.3 is 0 Å². The van der Waals surface area contributed by atoms with E-state index in [0.29, 0.717) is 6.04 Å². The van der Waals surface area contributed by atoms with Crippen LogP contribution in [-0.4, -0.2) is 13.2 Å². The molecule has 3 heteroatoms. The van der Waals surface area contributed by atoms with Gasteiger partial charge in [0.15, 0.2) is 0 Å². The molecule has 0 saturated carbocycles. The van der Waals surface area contributed by atoms with E-state index in [1.165, 1.54) is 10.5 Å². The van der Waals surface area contributed by atoms with E-state index in [1.807, 2.05) is 17.6 Å². The van der Waals surface area contributed by atoms with E-state index in [0.717, 1.165) is 32.4 Å². The highest BCUT2D eigenvalue weighted by atomic mass is 32.1. The largest absolute Gasteiger partial charge is 0.501 e. The Hall–Kier alpha value is -0.800. The standard InChI is InChI=1S/C13H19NOS/c1-2-7-14-13(12-6-4-9-16-12)11-5-3-8-15-10-11/h4,6,9-10,13-14H,2-3,5,7-8H2,1H3. The normalized spacial score (nSPS) is 17.7. The average molecular weight is 237 g/mol. The van der Waals surface area contributed by atoms with Crippen molar-refractivity contribution in [2.75, 3.05) is 13.2 Å². The van der Waals surface area contributed by atoms with E-state index in [4.69, 9.17) is 4.74 Å². The van der Waals surface area contributed by atoms with E-state index in [1.54, 1.807) is 0 Å². The highest BCUT2D eigenvalue weighted by Crippen LogP contribution is 2.30. The molecule has 2 heterocycles. The van der Waals surface area contributed by atoms with E-state index in [-0.39, 0.29) is 0 Å². The Labute approximate surface area is 101 Å². The Balaban J connectivity index is 2.10. The fraction of sp³-hybridized carbons (Fsp3) is 0.538. The van der Waals surface area contributed by atoms with Crippen LogP contribution >= 0.6 is 11.3 Å². The lowest BCUT2D eigenvalue weighted by Gasteiger charge is -2.23. The van der Waals surface area contributed by atoms with Gasteiger partial charge in [-0.25, -0.2) is 0 Å². The van der Waals surface area contributed by atoms with Crippen LogP contribution in [0.15, 0.2) is 29.3 Å². The van der Waals surface area contributed by atoms with E-state index in [9.17, 15) is 0 Å². The maximum absolute atomic E-state index is 5.44. The lowest BCUT2D eigenvalue weighted by atomic mass is 10.0. The van der Waals surface area contributed by atoms with Gasteiger partial charge in [0, 0.05) is 4.88 Å². The predicted molar refractivity (Wildman–Crippen MR) is 68.6 cm³/mol. The van der Waals surface area contributed by atoms with E-state index < -0.39 is 0 Å². The van der Waals surface area contributed by atoms with Crippen LogP contribution in [-0.2, 0) is 4.74 Å². The third-order valence-corrected chi connectivity index (χ3v) is 3.70. The summed E-state index contributed by atoms with van der Waals surface area (Å²) in [6, 6.07) is 4.68. The number of rotatable bonds is 5. The molecule has 2 nitrogen and oxygen atoms in total. The van der Waals surface area contributed by atoms with Gasteiger partial charge in [-0.05, 0) is 42.8 Å². The summed E-state index contributed by atoms with van der Waals surface area (Å²) >= 11 is 1.82. The monoisotopic (exact) mass is 237 g/mol. The minimum Gasteiger partial charge on any atom is -0.501 e. The number of nitrogens with one attached hydrogen (secondary N) is 1. The molecule has 1 unspecified atom stereocenters. The second kappa shape index (κ2) is 6.06. The third kappa shape index (κ3) is 2.86. The number of thiophene rings is 1. The summed E-state index contributed by atoms with van der Waals surface area (Å²) in [4.78, 5) is 1.39. The minimum absolute atomic E-state index is 0.361. The molecule has 1 aromatic heterocycles. The van der Waals surface area contributed by atoms with Gasteiger partial charge in [-0.2, -0.15) is 0 Å². The second-order valence-electron chi connectivity index (χ2n) is 4.07. The Morgan fingerprint density at radius 3 is 3.12 bits per heavy atom. The summed E-state index contributed by atoms with van der Waals surface area (Å²) in [6.45, 7) is 4.12. The van der Waals surface area contributed by atoms with Gasteiger partial charge in [-0.15, -0.1) is 11.3 Å². The van der Waals surface area contributed by atoms with Crippen LogP contribution in [0, 0.1) is 0 Å². The van der Waals surface area contributed by atoms with E-state index in [2.05, 4.69) is 29.8 Å². The zero-order valence-corrected chi connectivity index (χ0v) is 10.6. The van der Waals surface area contributed by atoms with Gasteiger partial charge in [0.2, 0.25) is 0 Å². The molecule has 0 aromatic carbocycles. The Morgan fingerprint density at radius 1 is 1.56 bits per heavy atom. The van der Waals surface area contributed by atoms with Crippen LogP contribution < -0.4 is 5.32 Å². The SMILES string of the molecule is CCCNC(C1=COCCC1)c1cccs1. The molecule has 0 bridgehead atoms. The lowest BCUT2D eigenvalue weighted by Crippen LogP contribution is -2.24. The number of hydrogen-bond acceptors (Lipinski definition) is 3. The molecule has 16 heavy (non-hydrogen) atoms. The lowest BCUT2D eigenvalue weighted by molar-refractivity contribution is 0.219. The molecule has 2 rings (SSSR count). The summed E-state index contributed by atoms with van der Waals surface area (Å²) in [5.41, 5.74) is 1.39. The smallest absolute Gasteiger partial charge is 0.0876 e. The van der Waals surface area contributed by atoms with Crippen LogP contribution in [0.3, 0.4) is 0 Å². The Morgan fingerprint density at radius 2 is 2.50 bits per heavy atom. The molecular formula is C13H19NOS. The highest BCUT2D eigenvalue weighted by molar-refractivity contribution is 7.10. The maximum atomic E-state index is 5.44. The molecule has 88 valence electrons. The summed E-state index contributed by atoms with van der Waals surface area (Å²) in [5, 5.41) is 5.74. The predicted octanol–water partition coefficient (Wildman–Crippen LogP) is 3.48. The molecular weight excluding hydrogens is 218 g/mol.